The maximum Gasteiger partial charge on any atom is 0.238 e. The first-order valence-electron chi connectivity index (χ1n) is 11.4. The van der Waals surface area contributed by atoms with Crippen molar-refractivity contribution in [2.75, 3.05) is 0 Å². The molecule has 1 fully saturated rings. The van der Waals surface area contributed by atoms with E-state index in [4.69, 9.17) is 0 Å². The smallest absolute Gasteiger partial charge is 0.238 e. The minimum Gasteiger partial charge on any atom is -0.352 e. The highest BCUT2D eigenvalue weighted by molar-refractivity contribution is 8.00. The van der Waals surface area contributed by atoms with E-state index < -0.39 is 5.25 Å². The van der Waals surface area contributed by atoms with Crippen molar-refractivity contribution < 1.29 is 9.18 Å². The number of hydrogen-bond donors (Lipinski definition) is 1. The lowest BCUT2D eigenvalue weighted by atomic mass is 10.1. The van der Waals surface area contributed by atoms with E-state index >= 15 is 0 Å². The van der Waals surface area contributed by atoms with E-state index in [2.05, 4.69) is 27.6 Å². The Morgan fingerprint density at radius 1 is 0.971 bits per heavy atom. The average Bonchev–Trinajstić information content (AvgIpc) is 3.60. The van der Waals surface area contributed by atoms with Crippen LogP contribution in [0.2, 0.25) is 0 Å². The molecule has 0 bridgehead atoms. The van der Waals surface area contributed by atoms with Crippen LogP contribution in [-0.4, -0.2) is 26.7 Å². The third-order valence-electron chi connectivity index (χ3n) is 5.79. The van der Waals surface area contributed by atoms with Gasteiger partial charge in [-0.25, -0.2) is 4.39 Å². The van der Waals surface area contributed by atoms with Gasteiger partial charge in [-0.15, -0.1) is 10.2 Å². The number of aryl methyl sites for hydroxylation is 1. The highest BCUT2D eigenvalue weighted by atomic mass is 32.2. The number of benzene rings is 3. The van der Waals surface area contributed by atoms with E-state index in [9.17, 15) is 9.18 Å². The van der Waals surface area contributed by atoms with Gasteiger partial charge in [-0.05, 0) is 42.5 Å². The monoisotopic (exact) mass is 472 g/mol. The molecule has 1 amide bonds. The van der Waals surface area contributed by atoms with E-state index in [1.54, 1.807) is 18.2 Å². The number of carbonyl (C=O) groups excluding carboxylic acids is 1. The van der Waals surface area contributed by atoms with Crippen molar-refractivity contribution in [3.63, 3.8) is 0 Å². The van der Waals surface area contributed by atoms with Crippen LogP contribution in [0.15, 0.2) is 90.1 Å². The minimum absolute atomic E-state index is 0.0382. The fraction of sp³-hybridized carbons (Fsp3) is 0.222. The fourth-order valence-electron chi connectivity index (χ4n) is 3.82. The van der Waals surface area contributed by atoms with Gasteiger partial charge in [0.15, 0.2) is 11.0 Å². The summed E-state index contributed by atoms with van der Waals surface area (Å²) >= 11 is 1.36. The highest BCUT2D eigenvalue weighted by Gasteiger charge is 2.31. The predicted octanol–water partition coefficient (Wildman–Crippen LogP) is 5.44. The number of thioether (sulfide) groups is 1. The predicted molar refractivity (Wildman–Crippen MR) is 132 cm³/mol. The average molecular weight is 473 g/mol. The molecule has 0 unspecified atom stereocenters. The van der Waals surface area contributed by atoms with Crippen LogP contribution < -0.4 is 5.32 Å². The van der Waals surface area contributed by atoms with Crippen molar-refractivity contribution in [1.29, 1.82) is 0 Å². The van der Waals surface area contributed by atoms with Gasteiger partial charge in [0.25, 0.3) is 0 Å². The molecule has 0 saturated heterocycles. The summed E-state index contributed by atoms with van der Waals surface area (Å²) in [6, 6.07) is 26.6. The van der Waals surface area contributed by atoms with Gasteiger partial charge in [0.2, 0.25) is 5.91 Å². The maximum atomic E-state index is 14.7. The van der Waals surface area contributed by atoms with Crippen molar-refractivity contribution in [3.8, 4) is 11.4 Å². The zero-order valence-corrected chi connectivity index (χ0v) is 19.4. The van der Waals surface area contributed by atoms with E-state index in [1.807, 2.05) is 53.1 Å². The summed E-state index contributed by atoms with van der Waals surface area (Å²) < 4.78 is 16.6. The summed E-state index contributed by atoms with van der Waals surface area (Å²) in [6.45, 7) is 0.564. The second-order valence-corrected chi connectivity index (χ2v) is 9.44. The van der Waals surface area contributed by atoms with Gasteiger partial charge in [0, 0.05) is 12.6 Å². The number of rotatable bonds is 9. The number of aromatic nitrogens is 3. The molecule has 0 aliphatic heterocycles. The van der Waals surface area contributed by atoms with E-state index in [0.717, 1.165) is 30.4 Å². The summed E-state index contributed by atoms with van der Waals surface area (Å²) in [4.78, 5) is 13.2. The third-order valence-corrected chi connectivity index (χ3v) is 7.02. The van der Waals surface area contributed by atoms with Crippen molar-refractivity contribution in [2.24, 2.45) is 0 Å². The minimum atomic E-state index is -0.477. The van der Waals surface area contributed by atoms with Crippen LogP contribution in [0, 0.1) is 5.82 Å². The van der Waals surface area contributed by atoms with Crippen LogP contribution in [0.5, 0.6) is 0 Å². The molecule has 1 aliphatic carbocycles. The van der Waals surface area contributed by atoms with Crippen molar-refractivity contribution in [1.82, 2.24) is 20.1 Å². The van der Waals surface area contributed by atoms with Gasteiger partial charge < -0.3 is 9.88 Å². The SMILES string of the molecule is O=C(NC1CC1)[C@H](Sc1nnc(-c2ccccc2F)n1CCc1ccccc1)c1ccccc1. The summed E-state index contributed by atoms with van der Waals surface area (Å²) in [5.41, 5.74) is 2.46. The molecule has 4 aromatic rings. The first-order valence-corrected chi connectivity index (χ1v) is 12.3. The zero-order chi connectivity index (χ0) is 23.3. The first-order chi connectivity index (χ1) is 16.7. The van der Waals surface area contributed by atoms with Crippen LogP contribution in [0.3, 0.4) is 0 Å². The van der Waals surface area contributed by atoms with Crippen LogP contribution in [0.1, 0.15) is 29.2 Å². The van der Waals surface area contributed by atoms with E-state index in [1.165, 1.54) is 17.8 Å². The Kier molecular flexibility index (Phi) is 6.72. The largest absolute Gasteiger partial charge is 0.352 e. The summed E-state index contributed by atoms with van der Waals surface area (Å²) in [6.07, 6.45) is 2.77. The molecule has 0 radical (unpaired) electrons. The Morgan fingerprint density at radius 3 is 2.35 bits per heavy atom. The van der Waals surface area contributed by atoms with Crippen LogP contribution in [-0.2, 0) is 17.8 Å². The molecular formula is C27H25FN4OS. The molecule has 172 valence electrons. The molecule has 1 saturated carbocycles. The number of amides is 1. The van der Waals surface area contributed by atoms with Crippen LogP contribution in [0.4, 0.5) is 4.39 Å². The van der Waals surface area contributed by atoms with Crippen LogP contribution >= 0.6 is 11.8 Å². The quantitative estimate of drug-likeness (QED) is 0.330. The molecule has 1 aromatic heterocycles. The summed E-state index contributed by atoms with van der Waals surface area (Å²) in [5, 5.41) is 12.0. The summed E-state index contributed by atoms with van der Waals surface area (Å²) in [5.74, 6) is 0.0770. The molecule has 34 heavy (non-hydrogen) atoms. The van der Waals surface area contributed by atoms with Crippen molar-refractivity contribution in [3.05, 3.63) is 102 Å². The third kappa shape index (κ3) is 5.20. The fourth-order valence-corrected chi connectivity index (χ4v) is 4.89. The lowest BCUT2D eigenvalue weighted by molar-refractivity contribution is -0.120. The Labute approximate surface area is 202 Å². The lowest BCUT2D eigenvalue weighted by Crippen LogP contribution is -2.30. The van der Waals surface area contributed by atoms with Crippen LogP contribution in [0.25, 0.3) is 11.4 Å². The molecule has 0 spiro atoms. The highest BCUT2D eigenvalue weighted by Crippen LogP contribution is 2.37. The normalized spacial score (nSPS) is 14.0. The Morgan fingerprint density at radius 2 is 1.65 bits per heavy atom. The van der Waals surface area contributed by atoms with Gasteiger partial charge in [0.05, 0.1) is 5.56 Å². The topological polar surface area (TPSA) is 59.8 Å². The van der Waals surface area contributed by atoms with E-state index in [0.29, 0.717) is 23.1 Å². The lowest BCUT2D eigenvalue weighted by Gasteiger charge is -2.17. The summed E-state index contributed by atoms with van der Waals surface area (Å²) in [7, 11) is 0. The molecule has 5 nitrogen and oxygen atoms in total. The van der Waals surface area contributed by atoms with Gasteiger partial charge in [-0.1, -0.05) is 84.6 Å². The molecule has 3 aromatic carbocycles. The molecular weight excluding hydrogens is 447 g/mol. The first kappa shape index (κ1) is 22.3. The van der Waals surface area contributed by atoms with Crippen molar-refractivity contribution in [2.45, 2.75) is 42.3 Å². The Hall–Kier alpha value is -3.45. The standard InChI is InChI=1S/C27H25FN4OS/c28-23-14-8-7-13-22(23)25-30-31-27(32(25)18-17-19-9-3-1-4-10-19)34-24(20-11-5-2-6-12-20)26(33)29-21-15-16-21/h1-14,21,24H,15-18H2,(H,29,33)/t24-/m1/s1. The maximum absolute atomic E-state index is 14.7. The molecule has 7 heteroatoms. The molecule has 5 rings (SSSR count). The van der Waals surface area contributed by atoms with Gasteiger partial charge in [0.1, 0.15) is 11.1 Å². The molecule has 1 aliphatic rings. The Bertz CT molecular complexity index is 1260. The molecule has 1 atom stereocenters. The number of nitrogens with zero attached hydrogens (tertiary/aromatic N) is 3. The van der Waals surface area contributed by atoms with E-state index in [-0.39, 0.29) is 17.8 Å². The second kappa shape index (κ2) is 10.2. The second-order valence-electron chi connectivity index (χ2n) is 8.36. The van der Waals surface area contributed by atoms with Gasteiger partial charge in [-0.3, -0.25) is 4.79 Å². The zero-order valence-electron chi connectivity index (χ0n) is 18.6. The number of hydrogen-bond acceptors (Lipinski definition) is 4. The number of carbonyl (C=O) groups is 1. The van der Waals surface area contributed by atoms with Gasteiger partial charge >= 0.3 is 0 Å². The number of nitrogens with one attached hydrogen (secondary N) is 1. The number of halogens is 1. The Balaban J connectivity index is 1.49. The van der Waals surface area contributed by atoms with Gasteiger partial charge in [-0.2, -0.15) is 0 Å². The molecule has 1 N–H and O–H groups in total. The molecule has 1 heterocycles. The van der Waals surface area contributed by atoms with Crippen molar-refractivity contribution >= 4 is 17.7 Å².